The number of aliphatic hydroxyl groups excluding tert-OH is 1. The van der Waals surface area contributed by atoms with Gasteiger partial charge in [0.1, 0.15) is 6.61 Å². The monoisotopic (exact) mass is 249 g/mol. The van der Waals surface area contributed by atoms with E-state index in [9.17, 15) is 9.90 Å². The number of nitrogens with one attached hydrogen (secondary N) is 1. The van der Waals surface area contributed by atoms with E-state index in [4.69, 9.17) is 4.74 Å². The smallest absolute Gasteiger partial charge is 0.407 e. The van der Waals surface area contributed by atoms with Crippen LogP contribution in [0.3, 0.4) is 0 Å². The first-order chi connectivity index (χ1) is 8.61. The third-order valence-corrected chi connectivity index (χ3v) is 2.44. The molecule has 0 heterocycles. The predicted octanol–water partition coefficient (Wildman–Crippen LogP) is 2.24. The molecular formula is C14H19NO3. The second kappa shape index (κ2) is 7.50. The summed E-state index contributed by atoms with van der Waals surface area (Å²) in [5, 5.41) is 12.0. The van der Waals surface area contributed by atoms with Crippen molar-refractivity contribution in [1.82, 2.24) is 5.32 Å². The number of amides is 1. The SMILES string of the molecule is C=C[C@H](O)C[C@H](C)NC(=O)OCc1ccccc1. The molecule has 1 rings (SSSR count). The van der Waals surface area contributed by atoms with Gasteiger partial charge in [0.25, 0.3) is 0 Å². The van der Waals surface area contributed by atoms with E-state index in [1.165, 1.54) is 6.08 Å². The Bertz CT molecular complexity index is 378. The quantitative estimate of drug-likeness (QED) is 0.760. The normalized spacial score (nSPS) is 13.4. The Kier molecular flexibility index (Phi) is 5.94. The number of carbonyl (C=O) groups is 1. The highest BCUT2D eigenvalue weighted by molar-refractivity contribution is 5.67. The van der Waals surface area contributed by atoms with E-state index >= 15 is 0 Å². The van der Waals surface area contributed by atoms with Crippen LogP contribution in [0.5, 0.6) is 0 Å². The van der Waals surface area contributed by atoms with Crippen molar-refractivity contribution >= 4 is 6.09 Å². The van der Waals surface area contributed by atoms with Crippen molar-refractivity contribution in [1.29, 1.82) is 0 Å². The second-order valence-electron chi connectivity index (χ2n) is 4.15. The zero-order valence-electron chi connectivity index (χ0n) is 10.5. The lowest BCUT2D eigenvalue weighted by Crippen LogP contribution is -2.35. The van der Waals surface area contributed by atoms with Crippen molar-refractivity contribution in [3.63, 3.8) is 0 Å². The maximum absolute atomic E-state index is 11.5. The van der Waals surface area contributed by atoms with Crippen LogP contribution in [0.2, 0.25) is 0 Å². The zero-order valence-corrected chi connectivity index (χ0v) is 10.5. The average molecular weight is 249 g/mol. The average Bonchev–Trinajstić information content (AvgIpc) is 2.37. The third-order valence-electron chi connectivity index (χ3n) is 2.44. The molecule has 0 bridgehead atoms. The van der Waals surface area contributed by atoms with Gasteiger partial charge in [-0.05, 0) is 18.9 Å². The maximum atomic E-state index is 11.5. The van der Waals surface area contributed by atoms with Crippen LogP contribution in [0.15, 0.2) is 43.0 Å². The number of alkyl carbamates (subject to hydrolysis) is 1. The Morgan fingerprint density at radius 3 is 2.78 bits per heavy atom. The molecule has 0 aliphatic carbocycles. The van der Waals surface area contributed by atoms with Crippen LogP contribution in [0, 0.1) is 0 Å². The number of hydrogen-bond donors (Lipinski definition) is 2. The summed E-state index contributed by atoms with van der Waals surface area (Å²) in [5.74, 6) is 0. The summed E-state index contributed by atoms with van der Waals surface area (Å²) in [4.78, 5) is 11.5. The summed E-state index contributed by atoms with van der Waals surface area (Å²) in [6.45, 7) is 5.52. The Morgan fingerprint density at radius 2 is 2.17 bits per heavy atom. The number of ether oxygens (including phenoxy) is 1. The number of rotatable bonds is 6. The highest BCUT2D eigenvalue weighted by Crippen LogP contribution is 2.02. The largest absolute Gasteiger partial charge is 0.445 e. The van der Waals surface area contributed by atoms with Crippen molar-refractivity contribution in [2.45, 2.75) is 32.1 Å². The van der Waals surface area contributed by atoms with Gasteiger partial charge in [0.05, 0.1) is 6.10 Å². The van der Waals surface area contributed by atoms with Gasteiger partial charge in [-0.1, -0.05) is 36.4 Å². The minimum Gasteiger partial charge on any atom is -0.445 e. The molecule has 0 fully saturated rings. The lowest BCUT2D eigenvalue weighted by Gasteiger charge is -2.15. The van der Waals surface area contributed by atoms with Crippen LogP contribution in [0.4, 0.5) is 4.79 Å². The molecular weight excluding hydrogens is 230 g/mol. The molecule has 4 heteroatoms. The molecule has 2 N–H and O–H groups in total. The first-order valence-electron chi connectivity index (χ1n) is 5.89. The van der Waals surface area contributed by atoms with Crippen LogP contribution in [0.25, 0.3) is 0 Å². The van der Waals surface area contributed by atoms with Crippen LogP contribution < -0.4 is 5.32 Å². The lowest BCUT2D eigenvalue weighted by atomic mass is 10.1. The number of hydrogen-bond acceptors (Lipinski definition) is 3. The molecule has 4 nitrogen and oxygen atoms in total. The highest BCUT2D eigenvalue weighted by atomic mass is 16.5. The summed E-state index contributed by atoms with van der Waals surface area (Å²) in [6, 6.07) is 9.29. The molecule has 0 aliphatic rings. The van der Waals surface area contributed by atoms with Gasteiger partial charge in [0.2, 0.25) is 0 Å². The molecule has 1 aromatic carbocycles. The fraction of sp³-hybridized carbons (Fsp3) is 0.357. The molecule has 0 radical (unpaired) electrons. The van der Waals surface area contributed by atoms with E-state index in [2.05, 4.69) is 11.9 Å². The maximum Gasteiger partial charge on any atom is 0.407 e. The number of carbonyl (C=O) groups excluding carboxylic acids is 1. The van der Waals surface area contributed by atoms with E-state index in [1.807, 2.05) is 30.3 Å². The van der Waals surface area contributed by atoms with Crippen LogP contribution in [-0.4, -0.2) is 23.3 Å². The van der Waals surface area contributed by atoms with Crippen molar-refractivity contribution in [2.24, 2.45) is 0 Å². The van der Waals surface area contributed by atoms with E-state index in [0.29, 0.717) is 6.42 Å². The van der Waals surface area contributed by atoms with E-state index in [1.54, 1.807) is 6.92 Å². The minimum atomic E-state index is -0.616. The third kappa shape index (κ3) is 5.50. The molecule has 98 valence electrons. The summed E-state index contributed by atoms with van der Waals surface area (Å²) in [5.41, 5.74) is 0.937. The Morgan fingerprint density at radius 1 is 1.50 bits per heavy atom. The van der Waals surface area contributed by atoms with E-state index < -0.39 is 12.2 Å². The first-order valence-corrected chi connectivity index (χ1v) is 5.89. The summed E-state index contributed by atoms with van der Waals surface area (Å²) in [6.07, 6.45) is 0.759. The first kappa shape index (κ1) is 14.3. The summed E-state index contributed by atoms with van der Waals surface area (Å²) >= 11 is 0. The van der Waals surface area contributed by atoms with Gasteiger partial charge in [-0.15, -0.1) is 6.58 Å². The van der Waals surface area contributed by atoms with Gasteiger partial charge < -0.3 is 15.2 Å². The molecule has 0 spiro atoms. The number of aliphatic hydroxyl groups is 1. The topological polar surface area (TPSA) is 58.6 Å². The van der Waals surface area contributed by atoms with Crippen molar-refractivity contribution < 1.29 is 14.6 Å². The Hall–Kier alpha value is -1.81. The Labute approximate surface area is 107 Å². The molecule has 0 aromatic heterocycles. The van der Waals surface area contributed by atoms with Crippen LogP contribution in [-0.2, 0) is 11.3 Å². The second-order valence-corrected chi connectivity index (χ2v) is 4.15. The zero-order chi connectivity index (χ0) is 13.4. The summed E-state index contributed by atoms with van der Waals surface area (Å²) < 4.78 is 5.06. The van der Waals surface area contributed by atoms with Crippen molar-refractivity contribution in [3.05, 3.63) is 48.6 Å². The van der Waals surface area contributed by atoms with Crippen molar-refractivity contribution in [2.75, 3.05) is 0 Å². The van der Waals surface area contributed by atoms with Crippen molar-refractivity contribution in [3.8, 4) is 0 Å². The molecule has 1 amide bonds. The van der Waals surface area contributed by atoms with Gasteiger partial charge in [-0.3, -0.25) is 0 Å². The standard InChI is InChI=1S/C14H19NO3/c1-3-13(16)9-11(2)15-14(17)18-10-12-7-5-4-6-8-12/h3-8,11,13,16H,1,9-10H2,2H3,(H,15,17)/t11-,13-/m0/s1. The molecule has 2 atom stereocenters. The molecule has 0 unspecified atom stereocenters. The van der Waals surface area contributed by atoms with Gasteiger partial charge in [0.15, 0.2) is 0 Å². The predicted molar refractivity (Wildman–Crippen MR) is 70.0 cm³/mol. The van der Waals surface area contributed by atoms with Gasteiger partial charge >= 0.3 is 6.09 Å². The fourth-order valence-corrected chi connectivity index (χ4v) is 1.48. The lowest BCUT2D eigenvalue weighted by molar-refractivity contribution is 0.131. The Balaban J connectivity index is 2.27. The van der Waals surface area contributed by atoms with E-state index in [0.717, 1.165) is 5.56 Å². The van der Waals surface area contributed by atoms with Gasteiger partial charge in [-0.2, -0.15) is 0 Å². The van der Waals surface area contributed by atoms with Crippen LogP contribution >= 0.6 is 0 Å². The molecule has 1 aromatic rings. The fourth-order valence-electron chi connectivity index (χ4n) is 1.48. The highest BCUT2D eigenvalue weighted by Gasteiger charge is 2.11. The van der Waals surface area contributed by atoms with Gasteiger partial charge in [-0.25, -0.2) is 4.79 Å². The van der Waals surface area contributed by atoms with E-state index in [-0.39, 0.29) is 12.6 Å². The molecule has 0 saturated heterocycles. The molecule has 18 heavy (non-hydrogen) atoms. The molecule has 0 saturated carbocycles. The van der Waals surface area contributed by atoms with Gasteiger partial charge in [0, 0.05) is 6.04 Å². The molecule has 0 aliphatic heterocycles. The minimum absolute atomic E-state index is 0.165. The number of benzene rings is 1. The van der Waals surface area contributed by atoms with Crippen LogP contribution in [0.1, 0.15) is 18.9 Å². The summed E-state index contributed by atoms with van der Waals surface area (Å²) in [7, 11) is 0.